The second-order valence-electron chi connectivity index (χ2n) is 4.17. The molecule has 2 aromatic carbocycles. The normalized spacial score (nSPS) is 10.4. The van der Waals surface area contributed by atoms with Gasteiger partial charge in [-0.2, -0.15) is 0 Å². The van der Waals surface area contributed by atoms with Gasteiger partial charge in [0.25, 0.3) is 0 Å². The molecule has 0 radical (unpaired) electrons. The fourth-order valence-corrected chi connectivity index (χ4v) is 1.98. The molecule has 106 valence electrons. The van der Waals surface area contributed by atoms with E-state index in [4.69, 9.17) is 31.3 Å². The van der Waals surface area contributed by atoms with Crippen LogP contribution < -0.4 is 9.47 Å². The molecule has 0 saturated heterocycles. The zero-order chi connectivity index (χ0) is 14.5. The van der Waals surface area contributed by atoms with Crippen molar-refractivity contribution in [1.29, 1.82) is 0 Å². The van der Waals surface area contributed by atoms with Crippen molar-refractivity contribution in [2.45, 2.75) is 13.2 Å². The summed E-state index contributed by atoms with van der Waals surface area (Å²) in [6.45, 7) is -0.142. The van der Waals surface area contributed by atoms with Crippen molar-refractivity contribution in [1.82, 2.24) is 0 Å². The Labute approximate surface area is 122 Å². The number of benzene rings is 2. The summed E-state index contributed by atoms with van der Waals surface area (Å²) < 4.78 is 10.9. The summed E-state index contributed by atoms with van der Waals surface area (Å²) in [6, 6.07) is 10.2. The number of aliphatic hydroxyl groups excluding tert-OH is 2. The molecular formula is C15H15ClO4. The van der Waals surface area contributed by atoms with E-state index in [1.54, 1.807) is 36.4 Å². The maximum atomic E-state index is 9.10. The van der Waals surface area contributed by atoms with E-state index in [1.165, 1.54) is 7.11 Å². The van der Waals surface area contributed by atoms with Crippen molar-refractivity contribution < 1.29 is 19.7 Å². The Morgan fingerprint density at radius 3 is 2.05 bits per heavy atom. The van der Waals surface area contributed by atoms with Gasteiger partial charge in [-0.3, -0.25) is 0 Å². The number of ether oxygens (including phenoxy) is 2. The van der Waals surface area contributed by atoms with Crippen molar-refractivity contribution in [3.63, 3.8) is 0 Å². The van der Waals surface area contributed by atoms with E-state index in [-0.39, 0.29) is 13.2 Å². The van der Waals surface area contributed by atoms with E-state index in [0.29, 0.717) is 27.8 Å². The molecule has 0 spiro atoms. The number of rotatable bonds is 5. The number of hydrogen-bond acceptors (Lipinski definition) is 4. The van der Waals surface area contributed by atoms with Crippen molar-refractivity contribution in [3.05, 3.63) is 52.5 Å². The van der Waals surface area contributed by atoms with Crippen LogP contribution in [0, 0.1) is 0 Å². The van der Waals surface area contributed by atoms with Crippen LogP contribution in [0.4, 0.5) is 0 Å². The van der Waals surface area contributed by atoms with Gasteiger partial charge in [-0.15, -0.1) is 0 Å². The standard InChI is InChI=1S/C15H15ClO4/c1-19-15-7-11(9-18)3-5-14(15)20-13-4-2-10(8-17)6-12(13)16/h2-7,17-18H,8-9H2,1H3. The Hall–Kier alpha value is -1.75. The summed E-state index contributed by atoms with van der Waals surface area (Å²) in [5, 5.41) is 18.5. The molecule has 0 saturated carbocycles. The average Bonchev–Trinajstić information content (AvgIpc) is 2.49. The molecule has 2 rings (SSSR count). The molecule has 2 N–H and O–H groups in total. The van der Waals surface area contributed by atoms with Gasteiger partial charge < -0.3 is 19.7 Å². The van der Waals surface area contributed by atoms with E-state index < -0.39 is 0 Å². The van der Waals surface area contributed by atoms with Gasteiger partial charge in [-0.05, 0) is 35.4 Å². The fraction of sp³-hybridized carbons (Fsp3) is 0.200. The molecule has 0 unspecified atom stereocenters. The molecular weight excluding hydrogens is 280 g/mol. The summed E-state index contributed by atoms with van der Waals surface area (Å²) >= 11 is 6.10. The van der Waals surface area contributed by atoms with Gasteiger partial charge in [0.1, 0.15) is 5.75 Å². The monoisotopic (exact) mass is 294 g/mol. The molecule has 5 heteroatoms. The number of aliphatic hydroxyl groups is 2. The number of halogens is 1. The van der Waals surface area contributed by atoms with Gasteiger partial charge >= 0.3 is 0 Å². The highest BCUT2D eigenvalue weighted by molar-refractivity contribution is 6.32. The lowest BCUT2D eigenvalue weighted by atomic mass is 10.2. The highest BCUT2D eigenvalue weighted by Crippen LogP contribution is 2.36. The molecule has 0 aliphatic heterocycles. The lowest BCUT2D eigenvalue weighted by molar-refractivity contribution is 0.280. The minimum atomic E-state index is -0.0749. The molecule has 4 nitrogen and oxygen atoms in total. The van der Waals surface area contributed by atoms with Crippen LogP contribution in [0.15, 0.2) is 36.4 Å². The lowest BCUT2D eigenvalue weighted by Crippen LogP contribution is -1.93. The summed E-state index contributed by atoms with van der Waals surface area (Å²) in [5.74, 6) is 1.49. The molecule has 20 heavy (non-hydrogen) atoms. The van der Waals surface area contributed by atoms with E-state index in [9.17, 15) is 0 Å². The molecule has 0 amide bonds. The summed E-state index contributed by atoms with van der Waals surface area (Å²) in [5.41, 5.74) is 1.45. The maximum Gasteiger partial charge on any atom is 0.169 e. The molecule has 0 aliphatic carbocycles. The number of hydrogen-bond donors (Lipinski definition) is 2. The van der Waals surface area contributed by atoms with E-state index in [1.807, 2.05) is 0 Å². The molecule has 0 atom stereocenters. The molecule has 0 heterocycles. The SMILES string of the molecule is COc1cc(CO)ccc1Oc1ccc(CO)cc1Cl. The van der Waals surface area contributed by atoms with E-state index >= 15 is 0 Å². The first-order valence-corrected chi connectivity index (χ1v) is 6.40. The largest absolute Gasteiger partial charge is 0.493 e. The second kappa shape index (κ2) is 6.61. The van der Waals surface area contributed by atoms with Crippen LogP contribution in [0.5, 0.6) is 17.2 Å². The molecule has 0 bridgehead atoms. The first kappa shape index (κ1) is 14.7. The van der Waals surface area contributed by atoms with E-state index in [0.717, 1.165) is 5.56 Å². The van der Waals surface area contributed by atoms with Gasteiger partial charge in [-0.1, -0.05) is 23.7 Å². The van der Waals surface area contributed by atoms with E-state index in [2.05, 4.69) is 0 Å². The fourth-order valence-electron chi connectivity index (χ4n) is 1.74. The van der Waals surface area contributed by atoms with Crippen LogP contribution in [-0.4, -0.2) is 17.3 Å². The minimum Gasteiger partial charge on any atom is -0.493 e. The molecule has 0 fully saturated rings. The Kier molecular flexibility index (Phi) is 4.84. The van der Waals surface area contributed by atoms with Crippen molar-refractivity contribution in [3.8, 4) is 17.2 Å². The van der Waals surface area contributed by atoms with Gasteiger partial charge in [0.15, 0.2) is 11.5 Å². The second-order valence-corrected chi connectivity index (χ2v) is 4.58. The maximum absolute atomic E-state index is 9.10. The quantitative estimate of drug-likeness (QED) is 0.889. The third kappa shape index (κ3) is 3.22. The van der Waals surface area contributed by atoms with Crippen molar-refractivity contribution >= 4 is 11.6 Å². The average molecular weight is 295 g/mol. The van der Waals surface area contributed by atoms with Crippen LogP contribution in [-0.2, 0) is 13.2 Å². The lowest BCUT2D eigenvalue weighted by Gasteiger charge is -2.12. The topological polar surface area (TPSA) is 58.9 Å². The van der Waals surface area contributed by atoms with Crippen molar-refractivity contribution in [2.24, 2.45) is 0 Å². The van der Waals surface area contributed by atoms with Crippen LogP contribution >= 0.6 is 11.6 Å². The Balaban J connectivity index is 2.29. The van der Waals surface area contributed by atoms with Crippen molar-refractivity contribution in [2.75, 3.05) is 7.11 Å². The Morgan fingerprint density at radius 1 is 0.900 bits per heavy atom. The smallest absolute Gasteiger partial charge is 0.169 e. The van der Waals surface area contributed by atoms with Crippen LogP contribution in [0.1, 0.15) is 11.1 Å². The molecule has 0 aromatic heterocycles. The molecule has 0 aliphatic rings. The Morgan fingerprint density at radius 2 is 1.50 bits per heavy atom. The zero-order valence-corrected chi connectivity index (χ0v) is 11.7. The summed E-state index contributed by atoms with van der Waals surface area (Å²) in [4.78, 5) is 0. The zero-order valence-electron chi connectivity index (χ0n) is 11.0. The summed E-state index contributed by atoms with van der Waals surface area (Å²) in [6.07, 6.45) is 0. The highest BCUT2D eigenvalue weighted by Gasteiger charge is 2.09. The highest BCUT2D eigenvalue weighted by atomic mass is 35.5. The van der Waals surface area contributed by atoms with Gasteiger partial charge in [0.05, 0.1) is 25.3 Å². The molecule has 2 aromatic rings. The third-order valence-corrected chi connectivity index (χ3v) is 3.10. The first-order valence-electron chi connectivity index (χ1n) is 6.03. The predicted molar refractivity (Wildman–Crippen MR) is 76.4 cm³/mol. The van der Waals surface area contributed by atoms with Crippen LogP contribution in [0.3, 0.4) is 0 Å². The number of methoxy groups -OCH3 is 1. The van der Waals surface area contributed by atoms with Crippen LogP contribution in [0.25, 0.3) is 0 Å². The first-order chi connectivity index (χ1) is 9.67. The minimum absolute atomic E-state index is 0.0669. The third-order valence-electron chi connectivity index (χ3n) is 2.81. The van der Waals surface area contributed by atoms with Gasteiger partial charge in [0, 0.05) is 0 Å². The summed E-state index contributed by atoms with van der Waals surface area (Å²) in [7, 11) is 1.53. The van der Waals surface area contributed by atoms with Gasteiger partial charge in [-0.25, -0.2) is 0 Å². The van der Waals surface area contributed by atoms with Crippen LogP contribution in [0.2, 0.25) is 5.02 Å². The van der Waals surface area contributed by atoms with Gasteiger partial charge in [0.2, 0.25) is 0 Å². The predicted octanol–water partition coefficient (Wildman–Crippen LogP) is 3.13. The Bertz CT molecular complexity index is 598.